The fourth-order valence-corrected chi connectivity index (χ4v) is 2.26. The van der Waals surface area contributed by atoms with E-state index in [0.717, 1.165) is 25.0 Å². The molecule has 6 heteroatoms. The van der Waals surface area contributed by atoms with Crippen LogP contribution in [0.3, 0.4) is 0 Å². The van der Waals surface area contributed by atoms with Crippen LogP contribution in [-0.2, 0) is 16.1 Å². The molecule has 1 fully saturated rings. The van der Waals surface area contributed by atoms with E-state index in [2.05, 4.69) is 16.0 Å². The molecule has 1 heterocycles. The number of amides is 3. The van der Waals surface area contributed by atoms with E-state index in [4.69, 9.17) is 4.74 Å². The average molecular weight is 305 g/mol. The van der Waals surface area contributed by atoms with E-state index >= 15 is 0 Å². The minimum atomic E-state index is -0.590. The molecule has 3 amide bonds. The maximum atomic E-state index is 11.9. The van der Waals surface area contributed by atoms with Crippen LogP contribution < -0.4 is 16.0 Å². The molecule has 22 heavy (non-hydrogen) atoms. The first-order valence-electron chi connectivity index (χ1n) is 7.63. The summed E-state index contributed by atoms with van der Waals surface area (Å²) in [5.41, 5.74) is 1.02. The van der Waals surface area contributed by atoms with Crippen molar-refractivity contribution in [2.24, 2.45) is 0 Å². The van der Waals surface area contributed by atoms with Crippen molar-refractivity contribution in [3.05, 3.63) is 35.9 Å². The summed E-state index contributed by atoms with van der Waals surface area (Å²) < 4.78 is 5.42. The van der Waals surface area contributed by atoms with Gasteiger partial charge in [-0.3, -0.25) is 4.79 Å². The van der Waals surface area contributed by atoms with E-state index in [1.54, 1.807) is 6.92 Å². The number of carbonyl (C=O) groups is 2. The van der Waals surface area contributed by atoms with Gasteiger partial charge in [-0.15, -0.1) is 0 Å². The third kappa shape index (κ3) is 5.37. The Morgan fingerprint density at radius 2 is 2.05 bits per heavy atom. The van der Waals surface area contributed by atoms with Gasteiger partial charge < -0.3 is 20.7 Å². The van der Waals surface area contributed by atoms with Crippen molar-refractivity contribution < 1.29 is 14.3 Å². The molecule has 1 aliphatic rings. The molecule has 1 aromatic carbocycles. The van der Waals surface area contributed by atoms with E-state index in [1.165, 1.54) is 0 Å². The van der Waals surface area contributed by atoms with Gasteiger partial charge in [0.1, 0.15) is 6.04 Å². The molecule has 1 aliphatic heterocycles. The van der Waals surface area contributed by atoms with E-state index in [-0.39, 0.29) is 18.0 Å². The molecular weight excluding hydrogens is 282 g/mol. The predicted molar refractivity (Wildman–Crippen MR) is 83.3 cm³/mol. The minimum Gasteiger partial charge on any atom is -0.376 e. The van der Waals surface area contributed by atoms with Crippen LogP contribution in [0.2, 0.25) is 0 Å². The molecule has 6 nitrogen and oxygen atoms in total. The molecule has 0 aliphatic carbocycles. The zero-order chi connectivity index (χ0) is 15.8. The second kappa shape index (κ2) is 8.38. The lowest BCUT2D eigenvalue weighted by Gasteiger charge is -2.16. The Morgan fingerprint density at radius 3 is 2.73 bits per heavy atom. The number of ether oxygens (including phenoxy) is 1. The molecule has 0 saturated carbocycles. The van der Waals surface area contributed by atoms with Crippen molar-refractivity contribution in [1.82, 2.24) is 16.0 Å². The highest BCUT2D eigenvalue weighted by molar-refractivity contribution is 5.86. The summed E-state index contributed by atoms with van der Waals surface area (Å²) in [4.78, 5) is 23.7. The Balaban J connectivity index is 1.65. The largest absolute Gasteiger partial charge is 0.376 e. The molecule has 0 spiro atoms. The van der Waals surface area contributed by atoms with E-state index in [0.29, 0.717) is 13.1 Å². The summed E-state index contributed by atoms with van der Waals surface area (Å²) in [7, 11) is 0. The van der Waals surface area contributed by atoms with Gasteiger partial charge >= 0.3 is 6.03 Å². The molecule has 1 aromatic rings. The van der Waals surface area contributed by atoms with Crippen LogP contribution in [0.5, 0.6) is 0 Å². The van der Waals surface area contributed by atoms with Crippen molar-refractivity contribution >= 4 is 11.9 Å². The first kappa shape index (κ1) is 16.3. The highest BCUT2D eigenvalue weighted by Gasteiger charge is 2.18. The molecule has 1 saturated heterocycles. The van der Waals surface area contributed by atoms with Crippen molar-refractivity contribution in [2.75, 3.05) is 13.2 Å². The summed E-state index contributed by atoms with van der Waals surface area (Å²) in [6.45, 7) is 3.34. The topological polar surface area (TPSA) is 79.5 Å². The number of benzene rings is 1. The van der Waals surface area contributed by atoms with Crippen LogP contribution in [0.15, 0.2) is 30.3 Å². The number of hydrogen-bond acceptors (Lipinski definition) is 3. The normalized spacial score (nSPS) is 18.5. The van der Waals surface area contributed by atoms with Crippen LogP contribution in [0, 0.1) is 0 Å². The SMILES string of the molecule is CC(NC(=O)NCC1CCCO1)C(=O)NCc1ccccc1. The summed E-state index contributed by atoms with van der Waals surface area (Å²) in [6.07, 6.45) is 2.09. The van der Waals surface area contributed by atoms with E-state index in [1.807, 2.05) is 30.3 Å². The third-order valence-electron chi connectivity index (χ3n) is 3.56. The zero-order valence-electron chi connectivity index (χ0n) is 12.8. The van der Waals surface area contributed by atoms with Crippen molar-refractivity contribution in [2.45, 2.75) is 38.5 Å². The van der Waals surface area contributed by atoms with Crippen LogP contribution in [0.1, 0.15) is 25.3 Å². The molecular formula is C16H23N3O3. The summed E-state index contributed by atoms with van der Waals surface area (Å²) in [6, 6.07) is 8.70. The first-order valence-corrected chi connectivity index (χ1v) is 7.63. The van der Waals surface area contributed by atoms with Gasteiger partial charge in [0.2, 0.25) is 5.91 Å². The fourth-order valence-electron chi connectivity index (χ4n) is 2.26. The minimum absolute atomic E-state index is 0.0907. The Hall–Kier alpha value is -2.08. The fraction of sp³-hybridized carbons (Fsp3) is 0.500. The summed E-state index contributed by atoms with van der Waals surface area (Å²) in [5, 5.41) is 8.15. The second-order valence-corrected chi connectivity index (χ2v) is 5.41. The van der Waals surface area contributed by atoms with Gasteiger partial charge in [-0.25, -0.2) is 4.79 Å². The molecule has 2 unspecified atom stereocenters. The van der Waals surface area contributed by atoms with E-state index < -0.39 is 6.04 Å². The molecule has 0 aromatic heterocycles. The number of carbonyl (C=O) groups excluding carboxylic acids is 2. The Morgan fingerprint density at radius 1 is 1.27 bits per heavy atom. The second-order valence-electron chi connectivity index (χ2n) is 5.41. The maximum absolute atomic E-state index is 11.9. The standard InChI is InChI=1S/C16H23N3O3/c1-12(15(20)17-10-13-6-3-2-4-7-13)19-16(21)18-11-14-8-5-9-22-14/h2-4,6-7,12,14H,5,8-11H2,1H3,(H,17,20)(H2,18,19,21). The van der Waals surface area contributed by atoms with Gasteiger partial charge in [-0.1, -0.05) is 30.3 Å². The third-order valence-corrected chi connectivity index (χ3v) is 3.56. The number of urea groups is 1. The monoisotopic (exact) mass is 305 g/mol. The lowest BCUT2D eigenvalue weighted by molar-refractivity contribution is -0.122. The number of nitrogens with one attached hydrogen (secondary N) is 3. The van der Waals surface area contributed by atoms with Crippen molar-refractivity contribution in [1.29, 1.82) is 0 Å². The van der Waals surface area contributed by atoms with Gasteiger partial charge in [-0.2, -0.15) is 0 Å². The molecule has 2 rings (SSSR count). The van der Waals surface area contributed by atoms with Gasteiger partial charge in [0.05, 0.1) is 6.10 Å². The predicted octanol–water partition coefficient (Wildman–Crippen LogP) is 1.17. The van der Waals surface area contributed by atoms with Crippen LogP contribution in [-0.4, -0.2) is 37.2 Å². The lowest BCUT2D eigenvalue weighted by Crippen LogP contribution is -2.49. The Bertz CT molecular complexity index is 487. The molecule has 0 radical (unpaired) electrons. The van der Waals surface area contributed by atoms with Crippen molar-refractivity contribution in [3.63, 3.8) is 0 Å². The zero-order valence-corrected chi connectivity index (χ0v) is 12.8. The summed E-state index contributed by atoms with van der Waals surface area (Å²) in [5.74, 6) is -0.212. The molecule has 2 atom stereocenters. The number of rotatable bonds is 6. The van der Waals surface area contributed by atoms with Crippen LogP contribution in [0.25, 0.3) is 0 Å². The molecule has 3 N–H and O–H groups in total. The highest BCUT2D eigenvalue weighted by atomic mass is 16.5. The average Bonchev–Trinajstić information content (AvgIpc) is 3.05. The van der Waals surface area contributed by atoms with Crippen LogP contribution in [0.4, 0.5) is 4.79 Å². The van der Waals surface area contributed by atoms with Gasteiger partial charge in [-0.05, 0) is 25.3 Å². The van der Waals surface area contributed by atoms with Crippen molar-refractivity contribution in [3.8, 4) is 0 Å². The molecule has 120 valence electrons. The summed E-state index contributed by atoms with van der Waals surface area (Å²) >= 11 is 0. The van der Waals surface area contributed by atoms with Gasteiger partial charge in [0, 0.05) is 19.7 Å². The van der Waals surface area contributed by atoms with Crippen LogP contribution >= 0.6 is 0 Å². The lowest BCUT2D eigenvalue weighted by atomic mass is 10.2. The quantitative estimate of drug-likeness (QED) is 0.738. The van der Waals surface area contributed by atoms with E-state index in [9.17, 15) is 9.59 Å². The molecule has 0 bridgehead atoms. The highest BCUT2D eigenvalue weighted by Crippen LogP contribution is 2.10. The van der Waals surface area contributed by atoms with Gasteiger partial charge in [0.25, 0.3) is 0 Å². The Kier molecular flexibility index (Phi) is 6.21. The maximum Gasteiger partial charge on any atom is 0.315 e. The smallest absolute Gasteiger partial charge is 0.315 e. The van der Waals surface area contributed by atoms with Gasteiger partial charge in [0.15, 0.2) is 0 Å². The first-order chi connectivity index (χ1) is 10.6. The number of hydrogen-bond donors (Lipinski definition) is 3. The Labute approximate surface area is 130 Å².